The molecule has 0 aromatic heterocycles. The molecule has 0 amide bonds. The third kappa shape index (κ3) is 4.13. The quantitative estimate of drug-likeness (QED) is 0.854. The Morgan fingerprint density at radius 2 is 1.57 bits per heavy atom. The Morgan fingerprint density at radius 3 is 2.14 bits per heavy atom. The van der Waals surface area contributed by atoms with Crippen molar-refractivity contribution in [3.63, 3.8) is 0 Å². The summed E-state index contributed by atoms with van der Waals surface area (Å²) in [5, 5.41) is 9.14. The number of nitrogens with zero attached hydrogens (tertiary/aromatic N) is 1. The molecule has 6 nitrogen and oxygen atoms in total. The summed E-state index contributed by atoms with van der Waals surface area (Å²) < 4.78 is 17.9. The third-order valence-corrected chi connectivity index (χ3v) is 5.46. The first kappa shape index (κ1) is 18.8. The number of hydrogen-bond acceptors (Lipinski definition) is 5. The highest BCUT2D eigenvalue weighted by Gasteiger charge is 2.26. The summed E-state index contributed by atoms with van der Waals surface area (Å²) in [4.78, 5) is 13.4. The number of likely N-dealkylation sites (tertiary alicyclic amines) is 1. The van der Waals surface area contributed by atoms with E-state index in [0.29, 0.717) is 19.4 Å². The summed E-state index contributed by atoms with van der Waals surface area (Å²) in [6.07, 6.45) is 1.13. The molecule has 0 radical (unpaired) electrons. The van der Waals surface area contributed by atoms with Crippen LogP contribution in [0, 0.1) is 5.92 Å². The molecule has 2 heterocycles. The third-order valence-electron chi connectivity index (χ3n) is 5.46. The number of para-hydroxylation sites is 2. The van der Waals surface area contributed by atoms with Crippen LogP contribution < -0.4 is 9.47 Å². The first-order valence-electron chi connectivity index (χ1n) is 9.72. The molecule has 2 aromatic carbocycles. The molecule has 1 fully saturated rings. The molecule has 1 N–H and O–H groups in total. The number of carbonyl (C=O) groups is 1. The van der Waals surface area contributed by atoms with Gasteiger partial charge in [-0.05, 0) is 38.1 Å². The van der Waals surface area contributed by atoms with Gasteiger partial charge < -0.3 is 24.2 Å². The van der Waals surface area contributed by atoms with Crippen LogP contribution in [0.3, 0.4) is 0 Å². The number of rotatable bonds is 5. The minimum atomic E-state index is -0.682. The Balaban J connectivity index is 1.46. The summed E-state index contributed by atoms with van der Waals surface area (Å²) in [7, 11) is 0. The van der Waals surface area contributed by atoms with Crippen LogP contribution in [0.15, 0.2) is 48.5 Å². The molecule has 2 aliphatic rings. The van der Waals surface area contributed by atoms with Gasteiger partial charge in [0.15, 0.2) is 0 Å². The summed E-state index contributed by atoms with van der Waals surface area (Å²) >= 11 is 0. The lowest BCUT2D eigenvalue weighted by molar-refractivity contribution is -0.143. The maximum Gasteiger partial charge on any atom is 0.306 e. The van der Waals surface area contributed by atoms with Crippen LogP contribution in [-0.2, 0) is 9.53 Å². The minimum Gasteiger partial charge on any atom is -0.481 e. The molecule has 0 spiro atoms. The number of piperidine rings is 1. The van der Waals surface area contributed by atoms with Crippen molar-refractivity contribution in [3.8, 4) is 11.5 Å². The van der Waals surface area contributed by atoms with E-state index in [1.54, 1.807) is 0 Å². The molecular weight excluding hydrogens is 358 g/mol. The van der Waals surface area contributed by atoms with Crippen LogP contribution in [0.4, 0.5) is 0 Å². The zero-order chi connectivity index (χ0) is 19.3. The molecule has 148 valence electrons. The highest BCUT2D eigenvalue weighted by atomic mass is 16.7. The van der Waals surface area contributed by atoms with Crippen molar-refractivity contribution in [2.24, 2.45) is 5.92 Å². The van der Waals surface area contributed by atoms with Crippen molar-refractivity contribution in [2.45, 2.75) is 18.9 Å². The number of ether oxygens (including phenoxy) is 3. The van der Waals surface area contributed by atoms with Crippen LogP contribution in [0.5, 0.6) is 11.5 Å². The second-order valence-electron chi connectivity index (χ2n) is 7.19. The van der Waals surface area contributed by atoms with E-state index < -0.39 is 5.97 Å². The van der Waals surface area contributed by atoms with Crippen molar-refractivity contribution < 1.29 is 24.1 Å². The zero-order valence-electron chi connectivity index (χ0n) is 15.8. The Hall–Kier alpha value is -2.57. The van der Waals surface area contributed by atoms with Gasteiger partial charge in [0, 0.05) is 17.7 Å². The van der Waals surface area contributed by atoms with Crippen molar-refractivity contribution in [2.75, 3.05) is 33.0 Å². The molecule has 4 rings (SSSR count). The molecule has 0 bridgehead atoms. The number of fused-ring (bicyclic) bond motifs is 2. The first-order valence-corrected chi connectivity index (χ1v) is 9.72. The number of aliphatic carboxylic acids is 1. The van der Waals surface area contributed by atoms with E-state index in [9.17, 15) is 4.79 Å². The van der Waals surface area contributed by atoms with E-state index in [0.717, 1.165) is 42.3 Å². The molecule has 0 unspecified atom stereocenters. The second-order valence-corrected chi connectivity index (χ2v) is 7.19. The standard InChI is InChI=1S/C22H25NO5/c24-22(25)16-9-11-23(12-10-16)13-14-26-21-17-5-1-3-7-19(17)27-15-28-20-8-4-2-6-18(20)21/h1-8,16,21H,9-15H2,(H,24,25). The fourth-order valence-electron chi connectivity index (χ4n) is 3.86. The van der Waals surface area contributed by atoms with Crippen LogP contribution in [-0.4, -0.2) is 49.0 Å². The van der Waals surface area contributed by atoms with Crippen molar-refractivity contribution in [1.29, 1.82) is 0 Å². The van der Waals surface area contributed by atoms with E-state index in [2.05, 4.69) is 4.90 Å². The van der Waals surface area contributed by atoms with Gasteiger partial charge in [-0.2, -0.15) is 0 Å². The van der Waals surface area contributed by atoms with Gasteiger partial charge in [-0.1, -0.05) is 36.4 Å². The Bertz CT molecular complexity index is 769. The Morgan fingerprint density at radius 1 is 1.00 bits per heavy atom. The molecule has 0 saturated carbocycles. The summed E-state index contributed by atoms with van der Waals surface area (Å²) in [6, 6.07) is 15.8. The largest absolute Gasteiger partial charge is 0.481 e. The smallest absolute Gasteiger partial charge is 0.306 e. The van der Waals surface area contributed by atoms with E-state index in [1.807, 2.05) is 48.5 Å². The number of benzene rings is 2. The zero-order valence-corrected chi connectivity index (χ0v) is 15.8. The molecular formula is C22H25NO5. The molecule has 2 aromatic rings. The van der Waals surface area contributed by atoms with Crippen molar-refractivity contribution in [1.82, 2.24) is 4.90 Å². The number of carboxylic acids is 1. The molecule has 0 aliphatic carbocycles. The highest BCUT2D eigenvalue weighted by Crippen LogP contribution is 2.38. The van der Waals surface area contributed by atoms with Gasteiger partial charge in [0.25, 0.3) is 0 Å². The summed E-state index contributed by atoms with van der Waals surface area (Å²) in [5.41, 5.74) is 1.98. The van der Waals surface area contributed by atoms with Gasteiger partial charge in [0.05, 0.1) is 12.5 Å². The average molecular weight is 383 g/mol. The van der Waals surface area contributed by atoms with Crippen molar-refractivity contribution in [3.05, 3.63) is 59.7 Å². The first-order chi connectivity index (χ1) is 13.7. The maximum atomic E-state index is 11.1. The average Bonchev–Trinajstić information content (AvgIpc) is 2.71. The SMILES string of the molecule is O=C(O)C1CCN(CCOC2c3ccccc3OCOc3ccccc32)CC1. The number of hydrogen-bond donors (Lipinski definition) is 1. The topological polar surface area (TPSA) is 68.2 Å². The van der Waals surface area contributed by atoms with Crippen LogP contribution in [0.1, 0.15) is 30.1 Å². The van der Waals surface area contributed by atoms with Gasteiger partial charge in [-0.3, -0.25) is 4.79 Å². The van der Waals surface area contributed by atoms with Gasteiger partial charge in [0.1, 0.15) is 17.6 Å². The highest BCUT2D eigenvalue weighted by molar-refractivity contribution is 5.70. The van der Waals surface area contributed by atoms with Crippen LogP contribution >= 0.6 is 0 Å². The minimum absolute atomic E-state index is 0.166. The lowest BCUT2D eigenvalue weighted by Gasteiger charge is -2.31. The Labute approximate surface area is 164 Å². The maximum absolute atomic E-state index is 11.1. The van der Waals surface area contributed by atoms with Crippen LogP contribution in [0.25, 0.3) is 0 Å². The Kier molecular flexibility index (Phi) is 5.78. The fraction of sp³-hybridized carbons (Fsp3) is 0.409. The van der Waals surface area contributed by atoms with Crippen molar-refractivity contribution >= 4 is 5.97 Å². The van der Waals surface area contributed by atoms with Gasteiger partial charge >= 0.3 is 5.97 Å². The normalized spacial score (nSPS) is 18.1. The number of carboxylic acid groups (broad SMARTS) is 1. The van der Waals surface area contributed by atoms with Gasteiger partial charge in [-0.15, -0.1) is 0 Å². The molecule has 6 heteroatoms. The van der Waals surface area contributed by atoms with E-state index in [4.69, 9.17) is 19.3 Å². The summed E-state index contributed by atoms with van der Waals surface area (Å²) in [6.45, 7) is 3.08. The van der Waals surface area contributed by atoms with E-state index >= 15 is 0 Å². The lowest BCUT2D eigenvalue weighted by Crippen LogP contribution is -2.38. The molecule has 0 atom stereocenters. The monoisotopic (exact) mass is 383 g/mol. The van der Waals surface area contributed by atoms with Gasteiger partial charge in [0.2, 0.25) is 6.79 Å². The predicted molar refractivity (Wildman–Crippen MR) is 104 cm³/mol. The summed E-state index contributed by atoms with van der Waals surface area (Å²) in [5.74, 6) is 0.642. The lowest BCUT2D eigenvalue weighted by atomic mass is 9.97. The molecule has 2 aliphatic heterocycles. The molecule has 1 saturated heterocycles. The predicted octanol–water partition coefficient (Wildman–Crippen LogP) is 3.32. The van der Waals surface area contributed by atoms with E-state index in [1.165, 1.54) is 0 Å². The van der Waals surface area contributed by atoms with Gasteiger partial charge in [-0.25, -0.2) is 0 Å². The fourth-order valence-corrected chi connectivity index (χ4v) is 3.86. The second kappa shape index (κ2) is 8.63. The van der Waals surface area contributed by atoms with E-state index in [-0.39, 0.29) is 18.8 Å². The molecule has 28 heavy (non-hydrogen) atoms. The van der Waals surface area contributed by atoms with Crippen LogP contribution in [0.2, 0.25) is 0 Å².